The number of hydrogen-bond donors (Lipinski definition) is 0. The molecule has 5 nitrogen and oxygen atoms in total. The minimum Gasteiger partial charge on any atom is -0.374 e. The van der Waals surface area contributed by atoms with Crippen molar-refractivity contribution in [3.05, 3.63) is 11.5 Å². The largest absolute Gasteiger partial charge is 0.374 e. The van der Waals surface area contributed by atoms with Crippen LogP contribution in [0.3, 0.4) is 0 Å². The maximum atomic E-state index is 12.0. The SMILES string of the molecule is CCn1nc(C)c2nc(CCl)n(CCOCC(F)F)c21. The molecule has 2 aromatic heterocycles. The second-order valence-corrected chi connectivity index (χ2v) is 4.62. The smallest absolute Gasteiger partial charge is 0.261 e. The van der Waals surface area contributed by atoms with Gasteiger partial charge in [0.25, 0.3) is 6.43 Å². The van der Waals surface area contributed by atoms with E-state index in [1.54, 1.807) is 0 Å². The lowest BCUT2D eigenvalue weighted by Gasteiger charge is -2.09. The predicted octanol–water partition coefficient (Wildman–Crippen LogP) is 2.58. The van der Waals surface area contributed by atoms with Crippen LogP contribution in [-0.2, 0) is 23.7 Å². The highest BCUT2D eigenvalue weighted by Crippen LogP contribution is 2.20. The van der Waals surface area contributed by atoms with Gasteiger partial charge in [-0.05, 0) is 13.8 Å². The zero-order chi connectivity index (χ0) is 14.7. The maximum Gasteiger partial charge on any atom is 0.261 e. The van der Waals surface area contributed by atoms with Gasteiger partial charge in [0.05, 0.1) is 18.2 Å². The molecule has 2 rings (SSSR count). The van der Waals surface area contributed by atoms with E-state index < -0.39 is 13.0 Å². The fraction of sp³-hybridized carbons (Fsp3) is 0.667. The lowest BCUT2D eigenvalue weighted by molar-refractivity contribution is 0.0148. The quantitative estimate of drug-likeness (QED) is 0.583. The Hall–Kier alpha value is -1.21. The van der Waals surface area contributed by atoms with E-state index >= 15 is 0 Å². The number of rotatable bonds is 7. The van der Waals surface area contributed by atoms with E-state index in [9.17, 15) is 8.78 Å². The van der Waals surface area contributed by atoms with Crippen molar-refractivity contribution in [1.82, 2.24) is 19.3 Å². The fourth-order valence-electron chi connectivity index (χ4n) is 2.16. The summed E-state index contributed by atoms with van der Waals surface area (Å²) in [5, 5.41) is 4.39. The summed E-state index contributed by atoms with van der Waals surface area (Å²) in [6, 6.07) is 0. The predicted molar refractivity (Wildman–Crippen MR) is 72.3 cm³/mol. The van der Waals surface area contributed by atoms with Crippen molar-refractivity contribution in [2.45, 2.75) is 39.2 Å². The summed E-state index contributed by atoms with van der Waals surface area (Å²) in [4.78, 5) is 4.46. The molecule has 0 atom stereocenters. The number of nitrogens with zero attached hydrogens (tertiary/aromatic N) is 4. The highest BCUT2D eigenvalue weighted by Gasteiger charge is 2.17. The van der Waals surface area contributed by atoms with Gasteiger partial charge in [-0.3, -0.25) is 0 Å². The molecular weight excluding hydrogens is 290 g/mol. The van der Waals surface area contributed by atoms with Crippen molar-refractivity contribution in [1.29, 1.82) is 0 Å². The summed E-state index contributed by atoms with van der Waals surface area (Å²) in [6.45, 7) is 4.63. The molecule has 2 heterocycles. The second kappa shape index (κ2) is 6.49. The lowest BCUT2D eigenvalue weighted by atomic mass is 10.4. The number of aryl methyl sites for hydroxylation is 2. The first kappa shape index (κ1) is 15.2. The van der Waals surface area contributed by atoms with Gasteiger partial charge in [0.2, 0.25) is 0 Å². The lowest BCUT2D eigenvalue weighted by Crippen LogP contribution is -2.14. The van der Waals surface area contributed by atoms with E-state index in [1.807, 2.05) is 23.1 Å². The van der Waals surface area contributed by atoms with Crippen LogP contribution in [-0.4, -0.2) is 39.0 Å². The Labute approximate surface area is 120 Å². The molecule has 20 heavy (non-hydrogen) atoms. The normalized spacial score (nSPS) is 11.9. The summed E-state index contributed by atoms with van der Waals surface area (Å²) in [7, 11) is 0. The molecule has 0 radical (unpaired) electrons. The molecule has 0 saturated carbocycles. The summed E-state index contributed by atoms with van der Waals surface area (Å²) in [5.74, 6) is 0.956. The fourth-order valence-corrected chi connectivity index (χ4v) is 2.36. The van der Waals surface area contributed by atoms with Crippen LogP contribution in [0.15, 0.2) is 0 Å². The Balaban J connectivity index is 2.25. The average molecular weight is 307 g/mol. The zero-order valence-electron chi connectivity index (χ0n) is 11.4. The van der Waals surface area contributed by atoms with E-state index in [2.05, 4.69) is 10.1 Å². The minimum atomic E-state index is -2.45. The summed E-state index contributed by atoms with van der Waals surface area (Å²) in [5.41, 5.74) is 2.50. The van der Waals surface area contributed by atoms with Gasteiger partial charge in [-0.2, -0.15) is 5.10 Å². The first-order valence-electron chi connectivity index (χ1n) is 6.42. The van der Waals surface area contributed by atoms with Crippen LogP contribution < -0.4 is 0 Å². The van der Waals surface area contributed by atoms with Crippen molar-refractivity contribution in [3.63, 3.8) is 0 Å². The number of halogens is 3. The van der Waals surface area contributed by atoms with Crippen LogP contribution in [0.1, 0.15) is 18.4 Å². The Morgan fingerprint density at radius 2 is 2.15 bits per heavy atom. The van der Waals surface area contributed by atoms with Crippen LogP contribution in [0.2, 0.25) is 0 Å². The van der Waals surface area contributed by atoms with Gasteiger partial charge in [0.15, 0.2) is 5.65 Å². The van der Waals surface area contributed by atoms with E-state index in [0.29, 0.717) is 18.9 Å². The number of imidazole rings is 1. The highest BCUT2D eigenvalue weighted by atomic mass is 35.5. The summed E-state index contributed by atoms with van der Waals surface area (Å²) in [6.07, 6.45) is -2.45. The van der Waals surface area contributed by atoms with Gasteiger partial charge in [-0.1, -0.05) is 0 Å². The molecular formula is C12H17ClF2N4O. The minimum absolute atomic E-state index is 0.188. The van der Waals surface area contributed by atoms with Crippen molar-refractivity contribution >= 4 is 22.8 Å². The molecule has 2 aromatic rings. The number of fused-ring (bicyclic) bond motifs is 1. The first-order chi connectivity index (χ1) is 9.58. The third-order valence-corrected chi connectivity index (χ3v) is 3.24. The Morgan fingerprint density at radius 1 is 1.40 bits per heavy atom. The van der Waals surface area contributed by atoms with E-state index in [0.717, 1.165) is 16.9 Å². The highest BCUT2D eigenvalue weighted by molar-refractivity contribution is 6.16. The molecule has 0 bridgehead atoms. The molecule has 0 spiro atoms. The van der Waals surface area contributed by atoms with Crippen LogP contribution >= 0.6 is 11.6 Å². The molecule has 0 saturated heterocycles. The van der Waals surface area contributed by atoms with Crippen molar-refractivity contribution in [2.24, 2.45) is 0 Å². The molecule has 0 amide bonds. The molecule has 0 aliphatic carbocycles. The zero-order valence-corrected chi connectivity index (χ0v) is 12.2. The second-order valence-electron chi connectivity index (χ2n) is 4.35. The van der Waals surface area contributed by atoms with Gasteiger partial charge in [-0.15, -0.1) is 11.6 Å². The standard InChI is InChI=1S/C12H17ClF2N4O/c1-3-19-12-11(8(2)17-19)16-10(6-13)18(12)4-5-20-7-9(14)15/h9H,3-7H2,1-2H3. The van der Waals surface area contributed by atoms with Crippen molar-refractivity contribution in [2.75, 3.05) is 13.2 Å². The average Bonchev–Trinajstić information content (AvgIpc) is 2.92. The van der Waals surface area contributed by atoms with Gasteiger partial charge in [-0.25, -0.2) is 18.4 Å². The molecule has 0 aliphatic heterocycles. The third-order valence-electron chi connectivity index (χ3n) is 3.00. The van der Waals surface area contributed by atoms with Gasteiger partial charge in [0.1, 0.15) is 17.9 Å². The van der Waals surface area contributed by atoms with E-state index in [4.69, 9.17) is 16.3 Å². The number of ether oxygens (including phenoxy) is 1. The Morgan fingerprint density at radius 3 is 2.75 bits per heavy atom. The number of hydrogen-bond acceptors (Lipinski definition) is 3. The summed E-state index contributed by atoms with van der Waals surface area (Å²) < 4.78 is 32.7. The van der Waals surface area contributed by atoms with E-state index in [-0.39, 0.29) is 12.5 Å². The summed E-state index contributed by atoms with van der Waals surface area (Å²) >= 11 is 5.90. The van der Waals surface area contributed by atoms with Crippen LogP contribution in [0, 0.1) is 6.92 Å². The molecule has 0 unspecified atom stereocenters. The molecule has 8 heteroatoms. The molecule has 0 aromatic carbocycles. The topological polar surface area (TPSA) is 44.9 Å². The van der Waals surface area contributed by atoms with Crippen molar-refractivity contribution < 1.29 is 13.5 Å². The van der Waals surface area contributed by atoms with E-state index in [1.165, 1.54) is 0 Å². The number of aromatic nitrogens is 4. The molecule has 0 aliphatic rings. The molecule has 0 fully saturated rings. The monoisotopic (exact) mass is 306 g/mol. The van der Waals surface area contributed by atoms with Crippen LogP contribution in [0.25, 0.3) is 11.2 Å². The maximum absolute atomic E-state index is 12.0. The van der Waals surface area contributed by atoms with Gasteiger partial charge >= 0.3 is 0 Å². The molecule has 0 N–H and O–H groups in total. The van der Waals surface area contributed by atoms with Gasteiger partial charge < -0.3 is 9.30 Å². The van der Waals surface area contributed by atoms with Gasteiger partial charge in [0, 0.05) is 13.1 Å². The number of alkyl halides is 3. The Bertz CT molecular complexity index is 582. The van der Waals surface area contributed by atoms with Crippen LogP contribution in [0.5, 0.6) is 0 Å². The van der Waals surface area contributed by atoms with Crippen LogP contribution in [0.4, 0.5) is 8.78 Å². The van der Waals surface area contributed by atoms with Crippen molar-refractivity contribution in [3.8, 4) is 0 Å². The Kier molecular flexibility index (Phi) is 4.93. The first-order valence-corrected chi connectivity index (χ1v) is 6.96. The third kappa shape index (κ3) is 2.93. The molecule has 112 valence electrons.